The fourth-order valence-corrected chi connectivity index (χ4v) is 2.11. The largest absolute Gasteiger partial charge is 0.477 e. The van der Waals surface area contributed by atoms with Crippen molar-refractivity contribution in [2.24, 2.45) is 10.9 Å². The van der Waals surface area contributed by atoms with Gasteiger partial charge >= 0.3 is 0 Å². The number of pyridine rings is 1. The zero-order chi connectivity index (χ0) is 16.2. The Balaban J connectivity index is 2.53. The molecule has 0 radical (unpaired) electrons. The molecule has 1 rings (SSSR count). The van der Waals surface area contributed by atoms with E-state index in [4.69, 9.17) is 4.74 Å². The Bertz CT molecular complexity index is 444. The van der Waals surface area contributed by atoms with Crippen LogP contribution in [0.15, 0.2) is 23.3 Å². The summed E-state index contributed by atoms with van der Waals surface area (Å²) in [5.41, 5.74) is 1.04. The number of rotatable bonds is 9. The first-order chi connectivity index (χ1) is 10.7. The third-order valence-corrected chi connectivity index (χ3v) is 3.68. The highest BCUT2D eigenvalue weighted by Crippen LogP contribution is 2.14. The molecule has 0 fully saturated rings. The van der Waals surface area contributed by atoms with E-state index in [-0.39, 0.29) is 0 Å². The molecule has 22 heavy (non-hydrogen) atoms. The monoisotopic (exact) mass is 306 g/mol. The van der Waals surface area contributed by atoms with Crippen molar-refractivity contribution < 1.29 is 4.74 Å². The molecule has 0 unspecified atom stereocenters. The molecule has 1 heterocycles. The molecule has 0 aliphatic rings. The Morgan fingerprint density at radius 3 is 2.68 bits per heavy atom. The lowest BCUT2D eigenvalue weighted by molar-refractivity contribution is 0.301. The third-order valence-electron chi connectivity index (χ3n) is 3.68. The van der Waals surface area contributed by atoms with E-state index in [0.29, 0.717) is 24.9 Å². The smallest absolute Gasteiger partial charge is 0.218 e. The predicted molar refractivity (Wildman–Crippen MR) is 92.3 cm³/mol. The Kier molecular flexibility index (Phi) is 9.03. The van der Waals surface area contributed by atoms with E-state index in [1.165, 1.54) is 12.8 Å². The molecule has 0 bridgehead atoms. The predicted octanol–water partition coefficient (Wildman–Crippen LogP) is 2.97. The van der Waals surface area contributed by atoms with Crippen LogP contribution in [0.5, 0.6) is 5.88 Å². The van der Waals surface area contributed by atoms with Crippen LogP contribution in [0.25, 0.3) is 0 Å². The van der Waals surface area contributed by atoms with Gasteiger partial charge in [-0.2, -0.15) is 0 Å². The van der Waals surface area contributed by atoms with E-state index in [0.717, 1.165) is 24.5 Å². The van der Waals surface area contributed by atoms with E-state index in [1.807, 2.05) is 12.1 Å². The highest BCUT2D eigenvalue weighted by Gasteiger charge is 2.07. The van der Waals surface area contributed by atoms with E-state index >= 15 is 0 Å². The van der Waals surface area contributed by atoms with Crippen LogP contribution in [0.4, 0.5) is 0 Å². The first kappa shape index (κ1) is 18.3. The first-order valence-corrected chi connectivity index (χ1v) is 8.26. The van der Waals surface area contributed by atoms with Crippen LogP contribution in [0, 0.1) is 5.92 Å². The summed E-state index contributed by atoms with van der Waals surface area (Å²) in [6.45, 7) is 8.81. The maximum atomic E-state index is 5.67. The van der Waals surface area contributed by atoms with Gasteiger partial charge in [0.15, 0.2) is 5.96 Å². The zero-order valence-electron chi connectivity index (χ0n) is 14.4. The fourth-order valence-electron chi connectivity index (χ4n) is 2.11. The molecular weight excluding hydrogens is 276 g/mol. The van der Waals surface area contributed by atoms with E-state index in [2.05, 4.69) is 41.4 Å². The molecule has 0 saturated heterocycles. The standard InChI is InChI=1S/C17H30N4O/c1-5-11-22-16-15(9-8-10-19-16)13-21-17(18-4)20-12-14(6-2)7-3/h8-10,14H,5-7,11-13H2,1-4H3,(H2,18,20,21). The molecule has 0 saturated carbocycles. The maximum absolute atomic E-state index is 5.67. The highest BCUT2D eigenvalue weighted by atomic mass is 16.5. The van der Waals surface area contributed by atoms with Crippen LogP contribution in [0.3, 0.4) is 0 Å². The molecule has 1 aromatic rings. The molecule has 1 aromatic heterocycles. The molecular formula is C17H30N4O. The zero-order valence-corrected chi connectivity index (χ0v) is 14.4. The first-order valence-electron chi connectivity index (χ1n) is 8.26. The second-order valence-electron chi connectivity index (χ2n) is 5.31. The lowest BCUT2D eigenvalue weighted by Crippen LogP contribution is -2.39. The van der Waals surface area contributed by atoms with Crippen molar-refractivity contribution in [2.75, 3.05) is 20.2 Å². The summed E-state index contributed by atoms with van der Waals surface area (Å²) in [5, 5.41) is 6.71. The summed E-state index contributed by atoms with van der Waals surface area (Å²) in [6, 6.07) is 3.95. The van der Waals surface area contributed by atoms with Gasteiger partial charge in [-0.15, -0.1) is 0 Å². The molecule has 5 nitrogen and oxygen atoms in total. The molecule has 0 aromatic carbocycles. The molecule has 0 aliphatic heterocycles. The van der Waals surface area contributed by atoms with Crippen molar-refractivity contribution in [1.29, 1.82) is 0 Å². The number of nitrogens with one attached hydrogen (secondary N) is 2. The van der Waals surface area contributed by atoms with Crippen molar-refractivity contribution >= 4 is 5.96 Å². The van der Waals surface area contributed by atoms with Crippen LogP contribution in [-0.4, -0.2) is 31.1 Å². The number of aromatic nitrogens is 1. The van der Waals surface area contributed by atoms with Crippen molar-refractivity contribution in [1.82, 2.24) is 15.6 Å². The van der Waals surface area contributed by atoms with Crippen LogP contribution in [0.2, 0.25) is 0 Å². The Labute approximate surface area is 134 Å². The average molecular weight is 306 g/mol. The second kappa shape index (κ2) is 10.9. The number of guanidine groups is 1. The van der Waals surface area contributed by atoms with Gasteiger partial charge in [-0.25, -0.2) is 4.98 Å². The summed E-state index contributed by atoms with van der Waals surface area (Å²) in [5.74, 6) is 2.20. The highest BCUT2D eigenvalue weighted by molar-refractivity contribution is 5.79. The van der Waals surface area contributed by atoms with Crippen LogP contribution < -0.4 is 15.4 Å². The molecule has 0 amide bonds. The molecule has 2 N–H and O–H groups in total. The Hall–Kier alpha value is -1.78. The molecule has 0 aliphatic carbocycles. The topological polar surface area (TPSA) is 58.5 Å². The molecule has 0 spiro atoms. The maximum Gasteiger partial charge on any atom is 0.218 e. The van der Waals surface area contributed by atoms with Crippen LogP contribution in [0.1, 0.15) is 45.6 Å². The molecule has 124 valence electrons. The minimum atomic E-state index is 0.648. The molecule has 5 heteroatoms. The SMILES string of the molecule is CCCOc1ncccc1CNC(=NC)NCC(CC)CC. The molecule has 0 atom stereocenters. The number of hydrogen-bond acceptors (Lipinski definition) is 3. The number of aliphatic imine (C=N–C) groups is 1. The van der Waals surface area contributed by atoms with Gasteiger partial charge in [0.25, 0.3) is 0 Å². The quantitative estimate of drug-likeness (QED) is 0.544. The van der Waals surface area contributed by atoms with Crippen molar-refractivity contribution in [2.45, 2.75) is 46.6 Å². The summed E-state index contributed by atoms with van der Waals surface area (Å²) in [7, 11) is 1.79. The van der Waals surface area contributed by atoms with Gasteiger partial charge in [0.05, 0.1) is 6.61 Å². The van der Waals surface area contributed by atoms with Crippen molar-refractivity contribution in [3.05, 3.63) is 23.9 Å². The van der Waals surface area contributed by atoms with Crippen molar-refractivity contribution in [3.63, 3.8) is 0 Å². The lowest BCUT2D eigenvalue weighted by Gasteiger charge is -2.17. The number of hydrogen-bond donors (Lipinski definition) is 2. The van der Waals surface area contributed by atoms with Gasteiger partial charge in [0.1, 0.15) is 0 Å². The fraction of sp³-hybridized carbons (Fsp3) is 0.647. The summed E-state index contributed by atoms with van der Waals surface area (Å²) in [6.07, 6.45) is 5.09. The number of nitrogens with zero attached hydrogens (tertiary/aromatic N) is 2. The van der Waals surface area contributed by atoms with Gasteiger partial charge in [-0.1, -0.05) is 39.7 Å². The van der Waals surface area contributed by atoms with Crippen LogP contribution >= 0.6 is 0 Å². The Morgan fingerprint density at radius 2 is 2.05 bits per heavy atom. The summed E-state index contributed by atoms with van der Waals surface area (Å²) in [4.78, 5) is 8.57. The average Bonchev–Trinajstić information content (AvgIpc) is 2.57. The van der Waals surface area contributed by atoms with Gasteiger partial charge in [-0.05, 0) is 18.4 Å². The van der Waals surface area contributed by atoms with E-state index in [9.17, 15) is 0 Å². The summed E-state index contributed by atoms with van der Waals surface area (Å²) < 4.78 is 5.67. The van der Waals surface area contributed by atoms with Crippen LogP contribution in [-0.2, 0) is 6.54 Å². The number of ether oxygens (including phenoxy) is 1. The van der Waals surface area contributed by atoms with Gasteiger partial charge in [-0.3, -0.25) is 4.99 Å². The minimum Gasteiger partial charge on any atom is -0.477 e. The van der Waals surface area contributed by atoms with E-state index < -0.39 is 0 Å². The minimum absolute atomic E-state index is 0.648. The van der Waals surface area contributed by atoms with Gasteiger partial charge < -0.3 is 15.4 Å². The van der Waals surface area contributed by atoms with Gasteiger partial charge in [0.2, 0.25) is 5.88 Å². The second-order valence-corrected chi connectivity index (χ2v) is 5.31. The Morgan fingerprint density at radius 1 is 1.27 bits per heavy atom. The third kappa shape index (κ3) is 6.33. The van der Waals surface area contributed by atoms with Gasteiger partial charge in [0, 0.05) is 31.9 Å². The normalized spacial score (nSPS) is 11.6. The van der Waals surface area contributed by atoms with Crippen molar-refractivity contribution in [3.8, 4) is 5.88 Å². The van der Waals surface area contributed by atoms with E-state index in [1.54, 1.807) is 13.2 Å². The lowest BCUT2D eigenvalue weighted by atomic mass is 10.0. The summed E-state index contributed by atoms with van der Waals surface area (Å²) >= 11 is 0.